The zero-order chi connectivity index (χ0) is 6.69. The lowest BCUT2D eigenvalue weighted by atomic mass is 10.2. The van der Waals surface area contributed by atoms with Crippen LogP contribution in [0.15, 0.2) is 24.3 Å². The molecule has 0 amide bonds. The minimum atomic E-state index is 0.502. The summed E-state index contributed by atoms with van der Waals surface area (Å²) in [6.07, 6.45) is 0. The summed E-state index contributed by atoms with van der Waals surface area (Å²) in [6.45, 7) is 0.520. The summed E-state index contributed by atoms with van der Waals surface area (Å²) in [5, 5.41) is 0.557. The number of halogens is 2. The van der Waals surface area contributed by atoms with Gasteiger partial charge in [-0.2, -0.15) is 0 Å². The zero-order valence-electron chi connectivity index (χ0n) is 4.64. The summed E-state index contributed by atoms with van der Waals surface area (Å²) in [5.41, 5.74) is 0.502. The molecule has 1 aromatic rings. The number of benzene rings is 1. The highest BCUT2D eigenvalue weighted by molar-refractivity contribution is 6.30. The molecule has 0 saturated heterocycles. The third-order valence-electron chi connectivity index (χ3n) is 0.975. The molecule has 0 nitrogen and oxygen atoms in total. The lowest BCUT2D eigenvalue weighted by Crippen LogP contribution is -1.72. The van der Waals surface area contributed by atoms with E-state index in [0.717, 1.165) is 0 Å². The molecule has 0 unspecified atom stereocenters. The quantitative estimate of drug-likeness (QED) is 0.567. The van der Waals surface area contributed by atoms with Gasteiger partial charge in [-0.05, 0) is 17.7 Å². The molecule has 1 aromatic carbocycles. The molecule has 0 aliphatic heterocycles. The summed E-state index contributed by atoms with van der Waals surface area (Å²) in [6, 6.07) is 6.61. The Morgan fingerprint density at radius 1 is 1.44 bits per heavy atom. The van der Waals surface area contributed by atoms with Crippen LogP contribution in [0.3, 0.4) is 0 Å². The Kier molecular flexibility index (Phi) is 2.06. The predicted octanol–water partition coefficient (Wildman–Crippen LogP) is 2.82. The molecule has 0 fully saturated rings. The van der Waals surface area contributed by atoms with Gasteiger partial charge in [-0.15, -0.1) is 0 Å². The number of hydrogen-bond donors (Lipinski definition) is 0. The molecule has 2 heteroatoms. The van der Waals surface area contributed by atoms with E-state index in [2.05, 4.69) is 0 Å². The average molecular weight is 144 g/mol. The molecular formula is C7H5ClF. The smallest absolute Gasteiger partial charge is 0.160 e. The molecule has 0 aromatic heterocycles. The molecule has 0 spiro atoms. The van der Waals surface area contributed by atoms with E-state index in [4.69, 9.17) is 11.6 Å². The van der Waals surface area contributed by atoms with Gasteiger partial charge in [0, 0.05) is 5.02 Å². The Morgan fingerprint density at radius 2 is 2.22 bits per heavy atom. The first-order chi connectivity index (χ1) is 4.33. The normalized spacial score (nSPS) is 9.56. The van der Waals surface area contributed by atoms with Crippen molar-refractivity contribution >= 4 is 11.6 Å². The predicted molar refractivity (Wildman–Crippen MR) is 36.0 cm³/mol. The highest BCUT2D eigenvalue weighted by Gasteiger charge is 1.90. The number of rotatable bonds is 1. The van der Waals surface area contributed by atoms with Crippen LogP contribution in [0.2, 0.25) is 5.02 Å². The first-order valence-electron chi connectivity index (χ1n) is 2.52. The van der Waals surface area contributed by atoms with E-state index in [0.29, 0.717) is 17.3 Å². The summed E-state index contributed by atoms with van der Waals surface area (Å²) in [4.78, 5) is 0. The first-order valence-corrected chi connectivity index (χ1v) is 2.90. The van der Waals surface area contributed by atoms with Crippen molar-refractivity contribution in [1.29, 1.82) is 0 Å². The minimum Gasteiger partial charge on any atom is -0.239 e. The molecular weight excluding hydrogens is 139 g/mol. The van der Waals surface area contributed by atoms with Crippen LogP contribution in [0.4, 0.5) is 4.39 Å². The van der Waals surface area contributed by atoms with Crippen molar-refractivity contribution in [1.82, 2.24) is 0 Å². The first kappa shape index (κ1) is 6.56. The maximum Gasteiger partial charge on any atom is 0.160 e. The number of hydrogen-bond acceptors (Lipinski definition) is 0. The van der Waals surface area contributed by atoms with Crippen LogP contribution in [0, 0.1) is 6.67 Å². The van der Waals surface area contributed by atoms with Crippen LogP contribution in [0.5, 0.6) is 0 Å². The Bertz CT molecular complexity index is 198. The Balaban J connectivity index is 2.94. The van der Waals surface area contributed by atoms with Crippen molar-refractivity contribution in [3.63, 3.8) is 0 Å². The standard InChI is InChI=1S/C7H5ClF/c8-7-3-1-2-6(4-7)5-9/h1-5H. The van der Waals surface area contributed by atoms with E-state index in [9.17, 15) is 4.39 Å². The van der Waals surface area contributed by atoms with E-state index >= 15 is 0 Å². The topological polar surface area (TPSA) is 0 Å². The van der Waals surface area contributed by atoms with Crippen molar-refractivity contribution in [3.8, 4) is 0 Å². The van der Waals surface area contributed by atoms with E-state index in [1.54, 1.807) is 24.3 Å². The van der Waals surface area contributed by atoms with Crippen LogP contribution in [0.1, 0.15) is 5.56 Å². The fraction of sp³-hybridized carbons (Fsp3) is 0. The Labute approximate surface area is 58.3 Å². The van der Waals surface area contributed by atoms with Gasteiger partial charge in [0.25, 0.3) is 0 Å². The van der Waals surface area contributed by atoms with Gasteiger partial charge in [-0.1, -0.05) is 23.7 Å². The fourth-order valence-electron chi connectivity index (χ4n) is 0.574. The van der Waals surface area contributed by atoms with Gasteiger partial charge in [0.2, 0.25) is 0 Å². The highest BCUT2D eigenvalue weighted by atomic mass is 35.5. The van der Waals surface area contributed by atoms with Crippen molar-refractivity contribution in [2.75, 3.05) is 0 Å². The molecule has 1 radical (unpaired) electrons. The van der Waals surface area contributed by atoms with E-state index in [1.165, 1.54) is 0 Å². The largest absolute Gasteiger partial charge is 0.239 e. The highest BCUT2D eigenvalue weighted by Crippen LogP contribution is 2.11. The summed E-state index contributed by atoms with van der Waals surface area (Å²) >= 11 is 5.54. The average Bonchev–Trinajstić information content (AvgIpc) is 1.88. The Hall–Kier alpha value is -0.560. The van der Waals surface area contributed by atoms with Crippen LogP contribution < -0.4 is 0 Å². The molecule has 0 aliphatic carbocycles. The maximum absolute atomic E-state index is 11.7. The maximum atomic E-state index is 11.7. The molecule has 0 atom stereocenters. The van der Waals surface area contributed by atoms with Gasteiger partial charge >= 0.3 is 0 Å². The summed E-state index contributed by atoms with van der Waals surface area (Å²) < 4.78 is 11.7. The van der Waals surface area contributed by atoms with Crippen molar-refractivity contribution in [2.24, 2.45) is 0 Å². The van der Waals surface area contributed by atoms with E-state index in [-0.39, 0.29) is 0 Å². The Morgan fingerprint density at radius 3 is 2.67 bits per heavy atom. The molecule has 0 heterocycles. The second-order valence-corrected chi connectivity index (χ2v) is 2.10. The second-order valence-electron chi connectivity index (χ2n) is 1.66. The van der Waals surface area contributed by atoms with Crippen molar-refractivity contribution < 1.29 is 4.39 Å². The molecule has 0 aliphatic rings. The zero-order valence-corrected chi connectivity index (χ0v) is 5.40. The molecule has 0 bridgehead atoms. The molecule has 9 heavy (non-hydrogen) atoms. The van der Waals surface area contributed by atoms with Crippen molar-refractivity contribution in [3.05, 3.63) is 41.5 Å². The van der Waals surface area contributed by atoms with Gasteiger partial charge in [-0.25, -0.2) is 4.39 Å². The molecule has 0 saturated carbocycles. The SMILES string of the molecule is F[CH]c1cccc(Cl)c1. The van der Waals surface area contributed by atoms with Gasteiger partial charge in [0.05, 0.1) is 0 Å². The van der Waals surface area contributed by atoms with E-state index in [1.807, 2.05) is 0 Å². The lowest BCUT2D eigenvalue weighted by molar-refractivity contribution is 0.646. The van der Waals surface area contributed by atoms with Gasteiger partial charge in [-0.3, -0.25) is 0 Å². The third-order valence-corrected chi connectivity index (χ3v) is 1.21. The van der Waals surface area contributed by atoms with E-state index < -0.39 is 0 Å². The van der Waals surface area contributed by atoms with Crippen LogP contribution in [-0.2, 0) is 0 Å². The summed E-state index contributed by atoms with van der Waals surface area (Å²) in [7, 11) is 0. The monoisotopic (exact) mass is 143 g/mol. The lowest BCUT2D eigenvalue weighted by Gasteiger charge is -1.91. The van der Waals surface area contributed by atoms with Crippen LogP contribution >= 0.6 is 11.6 Å². The van der Waals surface area contributed by atoms with Gasteiger partial charge in [0.1, 0.15) is 0 Å². The molecule has 1 rings (SSSR count). The molecule has 47 valence electrons. The van der Waals surface area contributed by atoms with Crippen LogP contribution in [0.25, 0.3) is 0 Å². The molecule has 0 N–H and O–H groups in total. The van der Waals surface area contributed by atoms with Gasteiger partial charge < -0.3 is 0 Å². The third kappa shape index (κ3) is 1.68. The van der Waals surface area contributed by atoms with Crippen molar-refractivity contribution in [2.45, 2.75) is 0 Å². The minimum absolute atomic E-state index is 0.502. The summed E-state index contributed by atoms with van der Waals surface area (Å²) in [5.74, 6) is 0. The van der Waals surface area contributed by atoms with Crippen LogP contribution in [-0.4, -0.2) is 0 Å². The van der Waals surface area contributed by atoms with Gasteiger partial charge in [0.15, 0.2) is 6.67 Å². The second kappa shape index (κ2) is 2.83. The fourth-order valence-corrected chi connectivity index (χ4v) is 0.773.